The summed E-state index contributed by atoms with van der Waals surface area (Å²) in [6.07, 6.45) is 1.78. The molecule has 7 heteroatoms. The number of halogens is 1. The highest BCUT2D eigenvalue weighted by atomic mass is 35.5. The third kappa shape index (κ3) is 3.12. The fraction of sp³-hybridized carbons (Fsp3) is 0.294. The van der Waals surface area contributed by atoms with E-state index in [2.05, 4.69) is 24.3 Å². The molecule has 0 saturated heterocycles. The summed E-state index contributed by atoms with van der Waals surface area (Å²) in [6.45, 7) is 4.17. The van der Waals surface area contributed by atoms with E-state index in [1.54, 1.807) is 10.7 Å². The molecular formula is C17H20BClN4O. The van der Waals surface area contributed by atoms with Crippen molar-refractivity contribution in [3.8, 4) is 11.3 Å². The SMILES string of the molecule is Bc1cnn2c(N[C@@H](CO)C(C)C)cc(-c3ccccc3Cl)nc12. The van der Waals surface area contributed by atoms with Crippen molar-refractivity contribution >= 4 is 36.4 Å². The minimum absolute atomic E-state index is 0.0448. The molecule has 0 saturated carbocycles. The van der Waals surface area contributed by atoms with Crippen LogP contribution in [0.1, 0.15) is 13.8 Å². The van der Waals surface area contributed by atoms with E-state index in [1.165, 1.54) is 0 Å². The molecule has 1 atom stereocenters. The van der Waals surface area contributed by atoms with Gasteiger partial charge in [0.2, 0.25) is 0 Å². The average Bonchev–Trinajstić information content (AvgIpc) is 2.94. The molecule has 0 fully saturated rings. The lowest BCUT2D eigenvalue weighted by Crippen LogP contribution is -2.30. The summed E-state index contributed by atoms with van der Waals surface area (Å²) >= 11 is 6.34. The highest BCUT2D eigenvalue weighted by Crippen LogP contribution is 2.28. The van der Waals surface area contributed by atoms with E-state index in [9.17, 15) is 5.11 Å². The first-order valence-electron chi connectivity index (χ1n) is 7.99. The van der Waals surface area contributed by atoms with Crippen LogP contribution in [0.25, 0.3) is 16.9 Å². The Kier molecular flexibility index (Phi) is 4.78. The van der Waals surface area contributed by atoms with Gasteiger partial charge < -0.3 is 10.4 Å². The molecular weight excluding hydrogens is 322 g/mol. The minimum atomic E-state index is -0.0702. The van der Waals surface area contributed by atoms with Gasteiger partial charge in [-0.25, -0.2) is 4.98 Å². The highest BCUT2D eigenvalue weighted by Gasteiger charge is 2.17. The van der Waals surface area contributed by atoms with Gasteiger partial charge in [-0.3, -0.25) is 0 Å². The molecule has 124 valence electrons. The molecule has 2 N–H and O–H groups in total. The molecule has 0 aliphatic rings. The maximum atomic E-state index is 9.64. The molecule has 0 amide bonds. The Morgan fingerprint density at radius 1 is 1.33 bits per heavy atom. The molecule has 0 aliphatic heterocycles. The number of nitrogens with zero attached hydrogens (tertiary/aromatic N) is 3. The Labute approximate surface area is 147 Å². The number of anilines is 1. The molecule has 2 heterocycles. The third-order valence-corrected chi connectivity index (χ3v) is 4.46. The van der Waals surface area contributed by atoms with E-state index >= 15 is 0 Å². The van der Waals surface area contributed by atoms with E-state index in [1.807, 2.05) is 38.2 Å². The lowest BCUT2D eigenvalue weighted by molar-refractivity contribution is 0.249. The minimum Gasteiger partial charge on any atom is -0.394 e. The molecule has 0 bridgehead atoms. The van der Waals surface area contributed by atoms with Crippen LogP contribution < -0.4 is 10.8 Å². The maximum absolute atomic E-state index is 9.64. The van der Waals surface area contributed by atoms with E-state index < -0.39 is 0 Å². The van der Waals surface area contributed by atoms with E-state index in [4.69, 9.17) is 16.6 Å². The van der Waals surface area contributed by atoms with E-state index in [-0.39, 0.29) is 18.6 Å². The van der Waals surface area contributed by atoms with Crippen LogP contribution in [-0.4, -0.2) is 40.2 Å². The first kappa shape index (κ1) is 16.8. The Bertz CT molecular complexity index is 865. The third-order valence-electron chi connectivity index (χ3n) is 4.13. The summed E-state index contributed by atoms with van der Waals surface area (Å²) in [6, 6.07) is 9.49. The Morgan fingerprint density at radius 3 is 2.75 bits per heavy atom. The Balaban J connectivity index is 2.16. The molecule has 2 aromatic heterocycles. The van der Waals surface area contributed by atoms with Gasteiger partial charge in [-0.15, -0.1) is 0 Å². The number of hydrogen-bond donors (Lipinski definition) is 2. The highest BCUT2D eigenvalue weighted by molar-refractivity contribution is 6.36. The molecule has 1 aromatic carbocycles. The lowest BCUT2D eigenvalue weighted by atomic mass is 10.0. The molecule has 0 radical (unpaired) electrons. The molecule has 3 rings (SSSR count). The van der Waals surface area contributed by atoms with Crippen molar-refractivity contribution in [1.82, 2.24) is 14.6 Å². The van der Waals surface area contributed by atoms with Gasteiger partial charge in [-0.1, -0.05) is 43.6 Å². The average molecular weight is 343 g/mol. The number of hydrogen-bond acceptors (Lipinski definition) is 4. The van der Waals surface area contributed by atoms with Crippen molar-refractivity contribution < 1.29 is 5.11 Å². The van der Waals surface area contributed by atoms with Gasteiger partial charge >= 0.3 is 0 Å². The zero-order valence-electron chi connectivity index (χ0n) is 14.0. The van der Waals surface area contributed by atoms with Crippen molar-refractivity contribution in [2.24, 2.45) is 5.92 Å². The van der Waals surface area contributed by atoms with Gasteiger partial charge in [0, 0.05) is 22.8 Å². The number of benzene rings is 1. The topological polar surface area (TPSA) is 62.5 Å². The fourth-order valence-corrected chi connectivity index (χ4v) is 2.83. The predicted molar refractivity (Wildman–Crippen MR) is 101 cm³/mol. The summed E-state index contributed by atoms with van der Waals surface area (Å²) in [5.41, 5.74) is 3.41. The summed E-state index contributed by atoms with van der Waals surface area (Å²) < 4.78 is 1.76. The molecule has 5 nitrogen and oxygen atoms in total. The number of rotatable bonds is 5. The summed E-state index contributed by atoms with van der Waals surface area (Å²) in [4.78, 5) is 4.72. The second-order valence-corrected chi connectivity index (χ2v) is 6.65. The number of fused-ring (bicyclic) bond motifs is 1. The van der Waals surface area contributed by atoms with Crippen molar-refractivity contribution in [3.05, 3.63) is 41.6 Å². The first-order valence-corrected chi connectivity index (χ1v) is 8.36. The second kappa shape index (κ2) is 6.83. The lowest BCUT2D eigenvalue weighted by Gasteiger charge is -2.22. The molecule has 0 spiro atoms. The first-order chi connectivity index (χ1) is 11.5. The standard InChI is InChI=1S/C17H20BClN4O/c1-10(2)15(9-24)21-16-7-14(11-5-3-4-6-13(11)19)22-17-12(18)8-20-23(16)17/h3-8,10,15,21,24H,9,18H2,1-2H3/t15-/m0/s1. The van der Waals surface area contributed by atoms with Gasteiger partial charge in [0.15, 0.2) is 5.65 Å². The van der Waals surface area contributed by atoms with Crippen molar-refractivity contribution in [1.29, 1.82) is 0 Å². The van der Waals surface area contributed by atoms with E-state index in [0.29, 0.717) is 5.02 Å². The fourth-order valence-electron chi connectivity index (χ4n) is 2.60. The van der Waals surface area contributed by atoms with Gasteiger partial charge in [-0.05, 0) is 17.4 Å². The quantitative estimate of drug-likeness (QED) is 0.693. The van der Waals surface area contributed by atoms with Crippen LogP contribution in [0.4, 0.5) is 5.82 Å². The monoisotopic (exact) mass is 342 g/mol. The van der Waals surface area contributed by atoms with Crippen LogP contribution in [0.2, 0.25) is 5.02 Å². The number of nitrogens with one attached hydrogen (secondary N) is 1. The molecule has 24 heavy (non-hydrogen) atoms. The van der Waals surface area contributed by atoms with Crippen LogP contribution >= 0.6 is 11.6 Å². The number of aliphatic hydroxyl groups excluding tert-OH is 1. The summed E-state index contributed by atoms with van der Waals surface area (Å²) in [7, 11) is 1.97. The van der Waals surface area contributed by atoms with Gasteiger partial charge in [0.1, 0.15) is 13.7 Å². The molecule has 3 aromatic rings. The van der Waals surface area contributed by atoms with Crippen LogP contribution in [0, 0.1) is 5.92 Å². The Morgan fingerprint density at radius 2 is 2.08 bits per heavy atom. The van der Waals surface area contributed by atoms with Gasteiger partial charge in [0.05, 0.1) is 18.3 Å². The second-order valence-electron chi connectivity index (χ2n) is 6.25. The molecule has 0 unspecified atom stereocenters. The summed E-state index contributed by atoms with van der Waals surface area (Å²) in [5.74, 6) is 1.06. The van der Waals surface area contributed by atoms with Crippen LogP contribution in [0.15, 0.2) is 36.5 Å². The largest absolute Gasteiger partial charge is 0.394 e. The van der Waals surface area contributed by atoms with Gasteiger partial charge in [-0.2, -0.15) is 9.61 Å². The number of aromatic nitrogens is 3. The van der Waals surface area contributed by atoms with Crippen molar-refractivity contribution in [2.45, 2.75) is 19.9 Å². The predicted octanol–water partition coefficient (Wildman–Crippen LogP) is 1.74. The maximum Gasteiger partial charge on any atom is 0.151 e. The van der Waals surface area contributed by atoms with Crippen molar-refractivity contribution in [2.75, 3.05) is 11.9 Å². The van der Waals surface area contributed by atoms with Gasteiger partial charge in [0.25, 0.3) is 0 Å². The van der Waals surface area contributed by atoms with Crippen LogP contribution in [-0.2, 0) is 0 Å². The van der Waals surface area contributed by atoms with Crippen LogP contribution in [0.3, 0.4) is 0 Å². The smallest absolute Gasteiger partial charge is 0.151 e. The van der Waals surface area contributed by atoms with E-state index in [0.717, 1.165) is 28.2 Å². The summed E-state index contributed by atoms with van der Waals surface area (Å²) in [5, 5.41) is 18.1. The zero-order chi connectivity index (χ0) is 17.3. The normalized spacial score (nSPS) is 12.7. The zero-order valence-corrected chi connectivity index (χ0v) is 14.7. The molecule has 0 aliphatic carbocycles. The van der Waals surface area contributed by atoms with Crippen LogP contribution in [0.5, 0.6) is 0 Å². The van der Waals surface area contributed by atoms with Crippen molar-refractivity contribution in [3.63, 3.8) is 0 Å². The Hall–Kier alpha value is -2.05. The number of aliphatic hydroxyl groups is 1.